The number of ether oxygens (including phenoxy) is 4. The summed E-state index contributed by atoms with van der Waals surface area (Å²) in [6.45, 7) is 8.01. The smallest absolute Gasteiger partial charge is 0.339 e. The van der Waals surface area contributed by atoms with Gasteiger partial charge < -0.3 is 24.3 Å². The first-order valence-electron chi connectivity index (χ1n) is 9.72. The summed E-state index contributed by atoms with van der Waals surface area (Å²) in [6.07, 6.45) is -1.01. The average molecular weight is 415 g/mol. The Morgan fingerprint density at radius 3 is 2.23 bits per heavy atom. The highest BCUT2D eigenvalue weighted by Gasteiger charge is 2.21. The maximum absolute atomic E-state index is 12.5. The molecule has 0 radical (unpaired) electrons. The van der Waals surface area contributed by atoms with E-state index in [1.165, 1.54) is 27.2 Å². The molecule has 7 heteroatoms. The second-order valence-corrected chi connectivity index (χ2v) is 7.31. The van der Waals surface area contributed by atoms with Crippen LogP contribution < -0.4 is 19.5 Å². The van der Waals surface area contributed by atoms with Gasteiger partial charge in [-0.15, -0.1) is 0 Å². The first-order valence-corrected chi connectivity index (χ1v) is 9.72. The minimum atomic E-state index is -1.01. The number of hydrogen-bond donors (Lipinski definition) is 1. The van der Waals surface area contributed by atoms with Crippen LogP contribution in [0.25, 0.3) is 0 Å². The number of methoxy groups -OCH3 is 2. The Hall–Kier alpha value is -3.22. The molecule has 2 aromatic rings. The van der Waals surface area contributed by atoms with E-state index in [0.717, 1.165) is 5.56 Å². The van der Waals surface area contributed by atoms with Crippen LogP contribution in [0.2, 0.25) is 0 Å². The van der Waals surface area contributed by atoms with Crippen molar-refractivity contribution < 1.29 is 28.5 Å². The number of nitrogens with one attached hydrogen (secondary N) is 1. The number of amides is 1. The van der Waals surface area contributed by atoms with Crippen LogP contribution in [0.5, 0.6) is 17.2 Å². The van der Waals surface area contributed by atoms with Gasteiger partial charge in [0, 0.05) is 0 Å². The molecule has 0 aliphatic rings. The molecule has 1 amide bonds. The van der Waals surface area contributed by atoms with E-state index in [4.69, 9.17) is 18.9 Å². The zero-order chi connectivity index (χ0) is 22.3. The lowest BCUT2D eigenvalue weighted by Gasteiger charge is -2.16. The predicted molar refractivity (Wildman–Crippen MR) is 115 cm³/mol. The van der Waals surface area contributed by atoms with Crippen molar-refractivity contribution in [2.45, 2.75) is 33.8 Å². The Labute approximate surface area is 177 Å². The van der Waals surface area contributed by atoms with Gasteiger partial charge in [0.25, 0.3) is 5.91 Å². The highest BCUT2D eigenvalue weighted by molar-refractivity contribution is 5.98. The summed E-state index contributed by atoms with van der Waals surface area (Å²) in [5.41, 5.74) is 1.73. The topological polar surface area (TPSA) is 83.1 Å². The quantitative estimate of drug-likeness (QED) is 0.617. The third kappa shape index (κ3) is 6.14. The van der Waals surface area contributed by atoms with Gasteiger partial charge in [-0.05, 0) is 55.7 Å². The molecule has 1 atom stereocenters. The fourth-order valence-corrected chi connectivity index (χ4v) is 2.61. The average Bonchev–Trinajstić information content (AvgIpc) is 2.72. The fraction of sp³-hybridized carbons (Fsp3) is 0.391. The Morgan fingerprint density at radius 1 is 0.933 bits per heavy atom. The SMILES string of the molecule is COc1ccc(C)cc1NC(=O)[C@H](C)OC(=O)c1ccc(OCC(C)C)c(OC)c1. The van der Waals surface area contributed by atoms with E-state index in [1.54, 1.807) is 24.3 Å². The van der Waals surface area contributed by atoms with Crippen LogP contribution in [0.3, 0.4) is 0 Å². The molecule has 0 saturated heterocycles. The second-order valence-electron chi connectivity index (χ2n) is 7.31. The molecule has 0 saturated carbocycles. The molecular formula is C23H29NO6. The lowest BCUT2D eigenvalue weighted by atomic mass is 10.2. The number of anilines is 1. The van der Waals surface area contributed by atoms with Crippen molar-refractivity contribution in [2.75, 3.05) is 26.1 Å². The first-order chi connectivity index (χ1) is 14.2. The first kappa shape index (κ1) is 23.1. The Bertz CT molecular complexity index is 893. The van der Waals surface area contributed by atoms with Crippen LogP contribution in [-0.2, 0) is 9.53 Å². The van der Waals surface area contributed by atoms with E-state index in [9.17, 15) is 9.59 Å². The van der Waals surface area contributed by atoms with E-state index in [1.807, 2.05) is 26.8 Å². The third-order valence-electron chi connectivity index (χ3n) is 4.24. The van der Waals surface area contributed by atoms with Crippen molar-refractivity contribution in [3.8, 4) is 17.2 Å². The summed E-state index contributed by atoms with van der Waals surface area (Å²) in [4.78, 5) is 25.0. The monoisotopic (exact) mass is 415 g/mol. The van der Waals surface area contributed by atoms with Crippen LogP contribution in [0.1, 0.15) is 36.7 Å². The molecule has 7 nitrogen and oxygen atoms in total. The molecule has 0 unspecified atom stereocenters. The maximum Gasteiger partial charge on any atom is 0.339 e. The summed E-state index contributed by atoms with van der Waals surface area (Å²) in [6, 6.07) is 10.2. The molecule has 30 heavy (non-hydrogen) atoms. The largest absolute Gasteiger partial charge is 0.495 e. The van der Waals surface area contributed by atoms with Gasteiger partial charge in [0.05, 0.1) is 32.1 Å². The van der Waals surface area contributed by atoms with Gasteiger partial charge in [-0.2, -0.15) is 0 Å². The molecule has 0 aliphatic heterocycles. The molecule has 0 spiro atoms. The van der Waals surface area contributed by atoms with E-state index in [-0.39, 0.29) is 5.56 Å². The van der Waals surface area contributed by atoms with Crippen LogP contribution >= 0.6 is 0 Å². The van der Waals surface area contributed by atoms with Gasteiger partial charge in [-0.3, -0.25) is 4.79 Å². The summed E-state index contributed by atoms with van der Waals surface area (Å²) < 4.78 is 21.6. The molecule has 0 fully saturated rings. The summed E-state index contributed by atoms with van der Waals surface area (Å²) in [7, 11) is 3.02. The van der Waals surface area contributed by atoms with Crippen LogP contribution in [-0.4, -0.2) is 38.8 Å². The number of rotatable bonds is 9. The van der Waals surface area contributed by atoms with Crippen molar-refractivity contribution >= 4 is 17.6 Å². The van der Waals surface area contributed by atoms with Crippen molar-refractivity contribution in [2.24, 2.45) is 5.92 Å². The molecular weight excluding hydrogens is 386 g/mol. The second kappa shape index (κ2) is 10.5. The van der Waals surface area contributed by atoms with E-state index in [0.29, 0.717) is 35.5 Å². The number of carbonyl (C=O) groups excluding carboxylic acids is 2. The van der Waals surface area contributed by atoms with Gasteiger partial charge in [-0.1, -0.05) is 19.9 Å². The molecule has 1 N–H and O–H groups in total. The lowest BCUT2D eigenvalue weighted by molar-refractivity contribution is -0.123. The Kier molecular flexibility index (Phi) is 8.09. The molecule has 162 valence electrons. The molecule has 2 aromatic carbocycles. The number of hydrogen-bond acceptors (Lipinski definition) is 6. The highest BCUT2D eigenvalue weighted by atomic mass is 16.5. The normalized spacial score (nSPS) is 11.6. The van der Waals surface area contributed by atoms with Crippen molar-refractivity contribution in [1.29, 1.82) is 0 Å². The molecule has 2 rings (SSSR count). The minimum absolute atomic E-state index is 0.261. The fourth-order valence-electron chi connectivity index (χ4n) is 2.61. The third-order valence-corrected chi connectivity index (χ3v) is 4.24. The van der Waals surface area contributed by atoms with Crippen LogP contribution in [0.4, 0.5) is 5.69 Å². The molecule has 0 bridgehead atoms. The molecule has 0 aliphatic carbocycles. The van der Waals surface area contributed by atoms with Crippen molar-refractivity contribution in [3.05, 3.63) is 47.5 Å². The Balaban J connectivity index is 2.06. The van der Waals surface area contributed by atoms with Crippen molar-refractivity contribution in [3.63, 3.8) is 0 Å². The Morgan fingerprint density at radius 2 is 1.60 bits per heavy atom. The minimum Gasteiger partial charge on any atom is -0.495 e. The number of benzene rings is 2. The lowest BCUT2D eigenvalue weighted by Crippen LogP contribution is -2.30. The van der Waals surface area contributed by atoms with Gasteiger partial charge in [0.2, 0.25) is 0 Å². The van der Waals surface area contributed by atoms with E-state index < -0.39 is 18.0 Å². The predicted octanol–water partition coefficient (Wildman–Crippen LogP) is 4.23. The summed E-state index contributed by atoms with van der Waals surface area (Å²) in [5.74, 6) is 0.741. The van der Waals surface area contributed by atoms with Crippen LogP contribution in [0.15, 0.2) is 36.4 Å². The molecule has 0 heterocycles. The van der Waals surface area contributed by atoms with Crippen LogP contribution in [0, 0.1) is 12.8 Å². The zero-order valence-electron chi connectivity index (χ0n) is 18.3. The van der Waals surface area contributed by atoms with Crippen molar-refractivity contribution in [1.82, 2.24) is 0 Å². The van der Waals surface area contributed by atoms with Gasteiger partial charge >= 0.3 is 5.97 Å². The molecule has 0 aromatic heterocycles. The van der Waals surface area contributed by atoms with E-state index >= 15 is 0 Å². The summed E-state index contributed by atoms with van der Waals surface area (Å²) >= 11 is 0. The van der Waals surface area contributed by atoms with Gasteiger partial charge in [-0.25, -0.2) is 4.79 Å². The standard InChI is InChI=1S/C23H29NO6/c1-14(2)13-29-20-10-8-17(12-21(20)28-6)23(26)30-16(4)22(25)24-18-11-15(3)7-9-19(18)27-5/h7-12,14,16H,13H2,1-6H3,(H,24,25)/t16-/m0/s1. The maximum atomic E-state index is 12.5. The number of aryl methyl sites for hydroxylation is 1. The van der Waals surface area contributed by atoms with Gasteiger partial charge in [0.15, 0.2) is 17.6 Å². The highest BCUT2D eigenvalue weighted by Crippen LogP contribution is 2.29. The summed E-state index contributed by atoms with van der Waals surface area (Å²) in [5, 5.41) is 2.73. The van der Waals surface area contributed by atoms with E-state index in [2.05, 4.69) is 5.32 Å². The van der Waals surface area contributed by atoms with Gasteiger partial charge in [0.1, 0.15) is 5.75 Å². The zero-order valence-corrected chi connectivity index (χ0v) is 18.3. The number of esters is 1. The number of carbonyl (C=O) groups is 2.